The van der Waals surface area contributed by atoms with Gasteiger partial charge in [-0.05, 0) is 37.1 Å². The standard InChI is InChI=1S/C21H29N3O2/c1-4-5-6-12-24(3)20-13-17(10-11-22-20)16(2)23-14-18-8-7-9-19-21(18)26-15-25-19/h7-11,13,16,23H,4-6,12,14-15H2,1-3H3. The van der Waals surface area contributed by atoms with Crippen molar-refractivity contribution in [2.75, 3.05) is 25.3 Å². The Hall–Kier alpha value is -2.27. The molecule has 2 heterocycles. The monoisotopic (exact) mass is 355 g/mol. The molecule has 1 aliphatic rings. The second-order valence-electron chi connectivity index (χ2n) is 6.83. The molecule has 3 rings (SSSR count). The molecule has 0 saturated heterocycles. The fraction of sp³-hybridized carbons (Fsp3) is 0.476. The van der Waals surface area contributed by atoms with Gasteiger partial charge >= 0.3 is 0 Å². The fourth-order valence-corrected chi connectivity index (χ4v) is 3.14. The second kappa shape index (κ2) is 8.90. The summed E-state index contributed by atoms with van der Waals surface area (Å²) in [5.74, 6) is 2.72. The van der Waals surface area contributed by atoms with E-state index in [9.17, 15) is 0 Å². The van der Waals surface area contributed by atoms with Crippen molar-refractivity contribution in [1.82, 2.24) is 10.3 Å². The second-order valence-corrected chi connectivity index (χ2v) is 6.83. The van der Waals surface area contributed by atoms with Gasteiger partial charge in [0.25, 0.3) is 0 Å². The normalized spacial score (nSPS) is 13.7. The summed E-state index contributed by atoms with van der Waals surface area (Å²) < 4.78 is 11.0. The van der Waals surface area contributed by atoms with Gasteiger partial charge in [0.05, 0.1) is 0 Å². The number of nitrogens with one attached hydrogen (secondary N) is 1. The lowest BCUT2D eigenvalue weighted by Gasteiger charge is -2.21. The Kier molecular flexibility index (Phi) is 6.34. The van der Waals surface area contributed by atoms with E-state index in [0.29, 0.717) is 6.79 Å². The summed E-state index contributed by atoms with van der Waals surface area (Å²) in [6.07, 6.45) is 5.60. The van der Waals surface area contributed by atoms with Crippen LogP contribution in [-0.2, 0) is 6.54 Å². The van der Waals surface area contributed by atoms with E-state index in [0.717, 1.165) is 36.0 Å². The van der Waals surface area contributed by atoms with Crippen molar-refractivity contribution in [3.8, 4) is 11.5 Å². The topological polar surface area (TPSA) is 46.6 Å². The highest BCUT2D eigenvalue weighted by Gasteiger charge is 2.17. The molecule has 1 N–H and O–H groups in total. The van der Waals surface area contributed by atoms with Gasteiger partial charge in [-0.15, -0.1) is 0 Å². The number of unbranched alkanes of at least 4 members (excludes halogenated alkanes) is 2. The number of anilines is 1. The van der Waals surface area contributed by atoms with Crippen molar-refractivity contribution in [3.05, 3.63) is 47.7 Å². The number of nitrogens with zero attached hydrogens (tertiary/aromatic N) is 2. The van der Waals surface area contributed by atoms with Crippen LogP contribution >= 0.6 is 0 Å². The summed E-state index contributed by atoms with van der Waals surface area (Å²) in [4.78, 5) is 6.76. The average Bonchev–Trinajstić information content (AvgIpc) is 3.15. The van der Waals surface area contributed by atoms with Crippen LogP contribution in [0.4, 0.5) is 5.82 Å². The Balaban J connectivity index is 1.60. The molecule has 0 saturated carbocycles. The summed E-state index contributed by atoms with van der Waals surface area (Å²) >= 11 is 0. The number of fused-ring (bicyclic) bond motifs is 1. The van der Waals surface area contributed by atoms with Crippen molar-refractivity contribution in [1.29, 1.82) is 0 Å². The zero-order valence-corrected chi connectivity index (χ0v) is 16.0. The third-order valence-electron chi connectivity index (χ3n) is 4.83. The van der Waals surface area contributed by atoms with Gasteiger partial charge in [-0.2, -0.15) is 0 Å². The Morgan fingerprint density at radius 2 is 2.12 bits per heavy atom. The number of ether oxygens (including phenoxy) is 2. The molecule has 5 nitrogen and oxygen atoms in total. The van der Waals surface area contributed by atoms with Crippen LogP contribution in [0.15, 0.2) is 36.5 Å². The maximum absolute atomic E-state index is 5.59. The molecule has 0 amide bonds. The van der Waals surface area contributed by atoms with Gasteiger partial charge in [-0.1, -0.05) is 31.9 Å². The zero-order valence-electron chi connectivity index (χ0n) is 16.0. The minimum Gasteiger partial charge on any atom is -0.454 e. The summed E-state index contributed by atoms with van der Waals surface area (Å²) in [5, 5.41) is 3.58. The van der Waals surface area contributed by atoms with E-state index < -0.39 is 0 Å². The third-order valence-corrected chi connectivity index (χ3v) is 4.83. The molecule has 0 aliphatic carbocycles. The smallest absolute Gasteiger partial charge is 0.231 e. The van der Waals surface area contributed by atoms with Gasteiger partial charge in [0, 0.05) is 37.9 Å². The Bertz CT molecular complexity index is 720. The van der Waals surface area contributed by atoms with Crippen LogP contribution < -0.4 is 19.7 Å². The quantitative estimate of drug-likeness (QED) is 0.680. The van der Waals surface area contributed by atoms with E-state index >= 15 is 0 Å². The van der Waals surface area contributed by atoms with E-state index in [1.54, 1.807) is 0 Å². The van der Waals surface area contributed by atoms with Gasteiger partial charge in [0.1, 0.15) is 5.82 Å². The van der Waals surface area contributed by atoms with Crippen molar-refractivity contribution in [2.45, 2.75) is 45.7 Å². The van der Waals surface area contributed by atoms with Crippen LogP contribution in [0.1, 0.15) is 50.3 Å². The molecule has 0 radical (unpaired) electrons. The number of aromatic nitrogens is 1. The Morgan fingerprint density at radius 3 is 2.96 bits per heavy atom. The first-order chi connectivity index (χ1) is 12.7. The largest absolute Gasteiger partial charge is 0.454 e. The first-order valence-corrected chi connectivity index (χ1v) is 9.47. The van der Waals surface area contributed by atoms with Crippen LogP contribution in [0.3, 0.4) is 0 Å². The highest BCUT2D eigenvalue weighted by Crippen LogP contribution is 2.35. The number of para-hydroxylation sites is 1. The lowest BCUT2D eigenvalue weighted by atomic mass is 10.1. The number of pyridine rings is 1. The number of hydrogen-bond acceptors (Lipinski definition) is 5. The number of rotatable bonds is 9. The first-order valence-electron chi connectivity index (χ1n) is 9.47. The van der Waals surface area contributed by atoms with Crippen LogP contribution in [0, 0.1) is 0 Å². The summed E-state index contributed by atoms with van der Waals surface area (Å²) in [6.45, 7) is 6.49. The molecule has 26 heavy (non-hydrogen) atoms. The maximum Gasteiger partial charge on any atom is 0.231 e. The molecule has 1 atom stereocenters. The maximum atomic E-state index is 5.59. The van der Waals surface area contributed by atoms with E-state index in [-0.39, 0.29) is 6.04 Å². The van der Waals surface area contributed by atoms with Crippen molar-refractivity contribution >= 4 is 5.82 Å². The molecule has 0 spiro atoms. The average molecular weight is 355 g/mol. The zero-order chi connectivity index (χ0) is 18.4. The van der Waals surface area contributed by atoms with Gasteiger partial charge in [-0.3, -0.25) is 0 Å². The lowest BCUT2D eigenvalue weighted by Crippen LogP contribution is -2.21. The van der Waals surface area contributed by atoms with Crippen LogP contribution in [0.25, 0.3) is 0 Å². The van der Waals surface area contributed by atoms with Crippen molar-refractivity contribution < 1.29 is 9.47 Å². The van der Waals surface area contributed by atoms with Crippen LogP contribution in [0.2, 0.25) is 0 Å². The Morgan fingerprint density at radius 1 is 1.23 bits per heavy atom. The fourth-order valence-electron chi connectivity index (χ4n) is 3.14. The molecule has 2 aromatic rings. The molecule has 1 aliphatic heterocycles. The predicted octanol–water partition coefficient (Wildman–Crippen LogP) is 4.29. The SMILES string of the molecule is CCCCCN(C)c1cc(C(C)NCc2cccc3c2OCO3)ccn1. The van der Waals surface area contributed by atoms with Gasteiger partial charge in [0.2, 0.25) is 6.79 Å². The highest BCUT2D eigenvalue weighted by molar-refractivity contribution is 5.48. The minimum absolute atomic E-state index is 0.221. The molecule has 1 unspecified atom stereocenters. The molecule has 1 aromatic carbocycles. The van der Waals surface area contributed by atoms with E-state index in [4.69, 9.17) is 9.47 Å². The minimum atomic E-state index is 0.221. The summed E-state index contributed by atoms with van der Waals surface area (Å²) in [7, 11) is 2.12. The van der Waals surface area contributed by atoms with Gasteiger partial charge < -0.3 is 19.7 Å². The Labute approximate surface area is 156 Å². The van der Waals surface area contributed by atoms with Gasteiger partial charge in [-0.25, -0.2) is 4.98 Å². The molecule has 140 valence electrons. The molecule has 0 fully saturated rings. The van der Waals surface area contributed by atoms with Gasteiger partial charge in [0.15, 0.2) is 11.5 Å². The molecule has 5 heteroatoms. The summed E-state index contributed by atoms with van der Waals surface area (Å²) in [5.41, 5.74) is 2.36. The number of hydrogen-bond donors (Lipinski definition) is 1. The van der Waals surface area contributed by atoms with Crippen LogP contribution in [0.5, 0.6) is 11.5 Å². The van der Waals surface area contributed by atoms with Crippen LogP contribution in [-0.4, -0.2) is 25.4 Å². The third kappa shape index (κ3) is 4.47. The molecule has 1 aromatic heterocycles. The van der Waals surface area contributed by atoms with Crippen molar-refractivity contribution in [3.63, 3.8) is 0 Å². The van der Waals surface area contributed by atoms with E-state index in [1.165, 1.54) is 24.8 Å². The first kappa shape index (κ1) is 18.5. The van der Waals surface area contributed by atoms with E-state index in [2.05, 4.69) is 54.3 Å². The molecular weight excluding hydrogens is 326 g/mol. The molecule has 0 bridgehead atoms. The predicted molar refractivity (Wildman–Crippen MR) is 105 cm³/mol. The lowest BCUT2D eigenvalue weighted by molar-refractivity contribution is 0.173. The van der Waals surface area contributed by atoms with E-state index in [1.807, 2.05) is 18.3 Å². The number of benzene rings is 1. The highest BCUT2D eigenvalue weighted by atomic mass is 16.7. The summed E-state index contributed by atoms with van der Waals surface area (Å²) in [6, 6.07) is 10.5. The molecular formula is C21H29N3O2. The van der Waals surface area contributed by atoms with Crippen molar-refractivity contribution in [2.24, 2.45) is 0 Å².